The highest BCUT2D eigenvalue weighted by Gasteiger charge is 2.22. The van der Waals surface area contributed by atoms with Crippen LogP contribution in [0.2, 0.25) is 0 Å². The fourth-order valence-corrected chi connectivity index (χ4v) is 2.53. The van der Waals surface area contributed by atoms with Gasteiger partial charge in [-0.15, -0.1) is 20.4 Å². The van der Waals surface area contributed by atoms with Crippen molar-refractivity contribution in [1.82, 2.24) is 35.4 Å². The van der Waals surface area contributed by atoms with Crippen LogP contribution in [0.4, 0.5) is 4.39 Å². The lowest BCUT2D eigenvalue weighted by molar-refractivity contribution is 0.621. The monoisotopic (exact) mass is 271 g/mol. The van der Waals surface area contributed by atoms with E-state index in [9.17, 15) is 4.39 Å². The molecule has 0 spiro atoms. The van der Waals surface area contributed by atoms with Crippen molar-refractivity contribution >= 4 is 0 Å². The molecule has 20 heavy (non-hydrogen) atoms. The van der Waals surface area contributed by atoms with Gasteiger partial charge in [0.2, 0.25) is 0 Å². The number of halogens is 1. The van der Waals surface area contributed by atoms with E-state index in [1.54, 1.807) is 12.1 Å². The van der Waals surface area contributed by atoms with Crippen LogP contribution in [0.1, 0.15) is 23.0 Å². The minimum atomic E-state index is -0.222. The van der Waals surface area contributed by atoms with Gasteiger partial charge in [0.15, 0.2) is 5.82 Å². The van der Waals surface area contributed by atoms with Crippen LogP contribution >= 0.6 is 0 Å². The number of hydrogen-bond donors (Lipinski definition) is 1. The summed E-state index contributed by atoms with van der Waals surface area (Å²) < 4.78 is 15.3. The topological polar surface area (TPSA) is 85.2 Å². The smallest absolute Gasteiger partial charge is 0.182 e. The standard InChI is InChI=1S/C12H10FN7/c13-8-2-3-9-7(5-8)1-4-11-16-17-12(20(9)11)6-10-14-18-19-15-10/h2-3,5H,1,4,6H2,(H,14,15,18,19). The SMILES string of the molecule is Fc1ccc2c(c1)CCc1nnc(Cc3nn[nH]n3)n1-2. The van der Waals surface area contributed by atoms with Crippen molar-refractivity contribution in [3.63, 3.8) is 0 Å². The second kappa shape index (κ2) is 4.19. The summed E-state index contributed by atoms with van der Waals surface area (Å²) in [6.07, 6.45) is 1.95. The van der Waals surface area contributed by atoms with E-state index >= 15 is 0 Å². The number of rotatable bonds is 2. The van der Waals surface area contributed by atoms with Gasteiger partial charge in [0, 0.05) is 6.42 Å². The first-order valence-corrected chi connectivity index (χ1v) is 6.25. The largest absolute Gasteiger partial charge is 0.282 e. The maximum absolute atomic E-state index is 13.3. The van der Waals surface area contributed by atoms with Crippen LogP contribution in [0.15, 0.2) is 18.2 Å². The Morgan fingerprint density at radius 3 is 3.00 bits per heavy atom. The Morgan fingerprint density at radius 2 is 2.15 bits per heavy atom. The molecule has 0 bridgehead atoms. The summed E-state index contributed by atoms with van der Waals surface area (Å²) in [5, 5.41) is 22.2. The third kappa shape index (κ3) is 1.68. The quantitative estimate of drug-likeness (QED) is 0.738. The maximum Gasteiger partial charge on any atom is 0.182 e. The molecule has 3 heterocycles. The molecule has 0 amide bonds. The summed E-state index contributed by atoms with van der Waals surface area (Å²) in [5.41, 5.74) is 1.89. The molecule has 100 valence electrons. The highest BCUT2D eigenvalue weighted by molar-refractivity contribution is 5.46. The molecule has 4 rings (SSSR count). The Labute approximate surface area is 112 Å². The second-order valence-corrected chi connectivity index (χ2v) is 4.65. The molecule has 2 aromatic heterocycles. The van der Waals surface area contributed by atoms with Gasteiger partial charge in [-0.1, -0.05) is 5.21 Å². The molecule has 1 N–H and O–H groups in total. The summed E-state index contributed by atoms with van der Waals surface area (Å²) in [5.74, 6) is 1.94. The van der Waals surface area contributed by atoms with Gasteiger partial charge in [0.25, 0.3) is 0 Å². The molecule has 0 fully saturated rings. The zero-order valence-corrected chi connectivity index (χ0v) is 10.4. The van der Waals surface area contributed by atoms with Crippen molar-refractivity contribution in [2.75, 3.05) is 0 Å². The average molecular weight is 271 g/mol. The van der Waals surface area contributed by atoms with E-state index in [1.807, 2.05) is 4.57 Å². The Kier molecular flexibility index (Phi) is 2.35. The van der Waals surface area contributed by atoms with E-state index in [-0.39, 0.29) is 5.82 Å². The minimum absolute atomic E-state index is 0.222. The van der Waals surface area contributed by atoms with Crippen LogP contribution in [-0.2, 0) is 19.3 Å². The van der Waals surface area contributed by atoms with Gasteiger partial charge in [0.05, 0.1) is 12.1 Å². The van der Waals surface area contributed by atoms with Gasteiger partial charge in [-0.3, -0.25) is 4.57 Å². The molecule has 0 saturated heterocycles. The highest BCUT2D eigenvalue weighted by atomic mass is 19.1. The number of aromatic amines is 1. The second-order valence-electron chi connectivity index (χ2n) is 4.65. The van der Waals surface area contributed by atoms with E-state index in [1.165, 1.54) is 6.07 Å². The van der Waals surface area contributed by atoms with Crippen LogP contribution < -0.4 is 0 Å². The van der Waals surface area contributed by atoms with Crippen molar-refractivity contribution < 1.29 is 4.39 Å². The minimum Gasteiger partial charge on any atom is -0.282 e. The fraction of sp³-hybridized carbons (Fsp3) is 0.250. The number of tetrazole rings is 1. The number of nitrogens with one attached hydrogen (secondary N) is 1. The highest BCUT2D eigenvalue weighted by Crippen LogP contribution is 2.26. The van der Waals surface area contributed by atoms with Gasteiger partial charge < -0.3 is 0 Å². The van der Waals surface area contributed by atoms with Crippen LogP contribution in [0.25, 0.3) is 5.69 Å². The molecular formula is C12H10FN7. The summed E-state index contributed by atoms with van der Waals surface area (Å²) in [6.45, 7) is 0. The van der Waals surface area contributed by atoms with E-state index in [2.05, 4.69) is 30.8 Å². The van der Waals surface area contributed by atoms with Crippen molar-refractivity contribution in [3.8, 4) is 5.69 Å². The molecule has 0 aliphatic carbocycles. The molecule has 1 aliphatic heterocycles. The lowest BCUT2D eigenvalue weighted by Gasteiger charge is -2.19. The van der Waals surface area contributed by atoms with Crippen molar-refractivity contribution in [2.45, 2.75) is 19.3 Å². The average Bonchev–Trinajstić information content (AvgIpc) is 3.09. The third-order valence-corrected chi connectivity index (χ3v) is 3.40. The Bertz CT molecular complexity index is 762. The van der Waals surface area contributed by atoms with E-state index in [4.69, 9.17) is 0 Å². The number of fused-ring (bicyclic) bond motifs is 3. The summed E-state index contributed by atoms with van der Waals surface area (Å²) in [6, 6.07) is 4.78. The number of H-pyrrole nitrogens is 1. The van der Waals surface area contributed by atoms with Crippen molar-refractivity contribution in [2.24, 2.45) is 0 Å². The molecule has 1 aliphatic rings. The molecule has 8 heteroatoms. The zero-order valence-electron chi connectivity index (χ0n) is 10.4. The first kappa shape index (κ1) is 11.2. The molecule has 0 saturated carbocycles. The van der Waals surface area contributed by atoms with Crippen LogP contribution in [0, 0.1) is 5.82 Å². The van der Waals surface area contributed by atoms with Crippen molar-refractivity contribution in [3.05, 3.63) is 47.1 Å². The lowest BCUT2D eigenvalue weighted by Crippen LogP contribution is -2.15. The fourth-order valence-electron chi connectivity index (χ4n) is 2.53. The first-order chi connectivity index (χ1) is 9.81. The molecule has 1 aromatic carbocycles. The van der Waals surface area contributed by atoms with Crippen LogP contribution in [0.5, 0.6) is 0 Å². The number of aryl methyl sites for hydroxylation is 2. The van der Waals surface area contributed by atoms with Gasteiger partial charge >= 0.3 is 0 Å². The molecule has 0 atom stereocenters. The van der Waals surface area contributed by atoms with Crippen molar-refractivity contribution in [1.29, 1.82) is 0 Å². The van der Waals surface area contributed by atoms with Gasteiger partial charge in [-0.2, -0.15) is 5.21 Å². The van der Waals surface area contributed by atoms with Gasteiger partial charge in [0.1, 0.15) is 17.5 Å². The van der Waals surface area contributed by atoms with Gasteiger partial charge in [-0.25, -0.2) is 4.39 Å². The lowest BCUT2D eigenvalue weighted by atomic mass is 10.0. The third-order valence-electron chi connectivity index (χ3n) is 3.40. The Hall–Kier alpha value is -2.64. The number of hydrogen-bond acceptors (Lipinski definition) is 5. The summed E-state index contributed by atoms with van der Waals surface area (Å²) in [4.78, 5) is 0. The number of benzene rings is 1. The normalized spacial score (nSPS) is 13.1. The number of nitrogens with zero attached hydrogens (tertiary/aromatic N) is 6. The maximum atomic E-state index is 13.3. The summed E-state index contributed by atoms with van der Waals surface area (Å²) in [7, 11) is 0. The molecule has 0 radical (unpaired) electrons. The molecule has 7 nitrogen and oxygen atoms in total. The van der Waals surface area contributed by atoms with E-state index < -0.39 is 0 Å². The predicted molar refractivity (Wildman–Crippen MR) is 65.7 cm³/mol. The Morgan fingerprint density at radius 1 is 1.20 bits per heavy atom. The first-order valence-electron chi connectivity index (χ1n) is 6.25. The molecule has 3 aromatic rings. The summed E-state index contributed by atoms with van der Waals surface area (Å²) >= 11 is 0. The zero-order chi connectivity index (χ0) is 13.5. The number of aromatic nitrogens is 7. The van der Waals surface area contributed by atoms with Crippen LogP contribution in [0.3, 0.4) is 0 Å². The predicted octanol–water partition coefficient (Wildman–Crippen LogP) is 0.609. The van der Waals surface area contributed by atoms with Gasteiger partial charge in [-0.05, 0) is 30.2 Å². The molecular weight excluding hydrogens is 261 g/mol. The van der Waals surface area contributed by atoms with E-state index in [0.29, 0.717) is 12.2 Å². The Balaban J connectivity index is 1.82. The van der Waals surface area contributed by atoms with E-state index in [0.717, 1.165) is 35.7 Å². The van der Waals surface area contributed by atoms with Crippen LogP contribution in [-0.4, -0.2) is 35.4 Å². The molecule has 0 unspecified atom stereocenters.